The molecule has 0 radical (unpaired) electrons. The van der Waals surface area contributed by atoms with Crippen LogP contribution in [0, 0.1) is 5.92 Å². The second-order valence-corrected chi connectivity index (χ2v) is 5.13. The summed E-state index contributed by atoms with van der Waals surface area (Å²) in [5.41, 5.74) is 3.58. The number of hydrogen-bond acceptors (Lipinski definition) is 2. The van der Waals surface area contributed by atoms with Gasteiger partial charge in [-0.05, 0) is 38.8 Å². The average Bonchev–Trinajstić information content (AvgIpc) is 2.42. The minimum absolute atomic E-state index is 0.106. The first kappa shape index (κ1) is 12.2. The summed E-state index contributed by atoms with van der Waals surface area (Å²) in [5, 5.41) is 3.70. The molecule has 1 aliphatic rings. The summed E-state index contributed by atoms with van der Waals surface area (Å²) in [5.74, 6) is 0.500. The summed E-state index contributed by atoms with van der Waals surface area (Å²) in [7, 11) is 0. The van der Waals surface area contributed by atoms with Gasteiger partial charge < -0.3 is 5.32 Å². The van der Waals surface area contributed by atoms with Gasteiger partial charge in [-0.15, -0.1) is 0 Å². The number of rotatable bonds is 2. The highest BCUT2D eigenvalue weighted by Gasteiger charge is 2.35. The molecular formula is C15H22N2. The van der Waals surface area contributed by atoms with Crippen molar-refractivity contribution >= 4 is 17.1 Å². The van der Waals surface area contributed by atoms with E-state index in [1.165, 1.54) is 5.71 Å². The molecular weight excluding hydrogens is 208 g/mol. The van der Waals surface area contributed by atoms with E-state index in [2.05, 4.69) is 51.2 Å². The van der Waals surface area contributed by atoms with Gasteiger partial charge in [-0.3, -0.25) is 4.99 Å². The smallest absolute Gasteiger partial charge is 0.0860 e. The number of hydrogen-bond donors (Lipinski definition) is 1. The Labute approximate surface area is 104 Å². The molecule has 0 amide bonds. The van der Waals surface area contributed by atoms with E-state index in [1.807, 2.05) is 6.07 Å². The van der Waals surface area contributed by atoms with Crippen LogP contribution in [0.5, 0.6) is 0 Å². The molecule has 2 atom stereocenters. The van der Waals surface area contributed by atoms with E-state index in [0.29, 0.717) is 5.92 Å². The van der Waals surface area contributed by atoms with Crippen molar-refractivity contribution in [2.24, 2.45) is 10.9 Å². The molecule has 2 heteroatoms. The van der Waals surface area contributed by atoms with Crippen molar-refractivity contribution in [3.63, 3.8) is 0 Å². The molecule has 0 aromatic heterocycles. The summed E-state index contributed by atoms with van der Waals surface area (Å²) in [6.45, 7) is 8.96. The molecule has 0 spiro atoms. The Hall–Kier alpha value is -1.31. The Bertz CT molecular complexity index is 436. The third-order valence-electron chi connectivity index (χ3n) is 4.04. The summed E-state index contributed by atoms with van der Waals surface area (Å²) in [6, 6.07) is 8.32. The van der Waals surface area contributed by atoms with Gasteiger partial charge in [-0.1, -0.05) is 26.0 Å². The number of nitrogens with zero attached hydrogens (tertiary/aromatic N) is 1. The van der Waals surface area contributed by atoms with E-state index in [0.717, 1.165) is 24.2 Å². The second-order valence-electron chi connectivity index (χ2n) is 5.13. The fourth-order valence-corrected chi connectivity index (χ4v) is 2.88. The van der Waals surface area contributed by atoms with Gasteiger partial charge in [0.2, 0.25) is 0 Å². The molecule has 1 heterocycles. The number of anilines is 1. The van der Waals surface area contributed by atoms with E-state index in [4.69, 9.17) is 4.99 Å². The molecule has 0 aliphatic carbocycles. The van der Waals surface area contributed by atoms with Gasteiger partial charge in [-0.2, -0.15) is 0 Å². The maximum Gasteiger partial charge on any atom is 0.0860 e. The number of para-hydroxylation sites is 2. The molecule has 2 unspecified atom stereocenters. The Morgan fingerprint density at radius 3 is 2.65 bits per heavy atom. The van der Waals surface area contributed by atoms with Crippen molar-refractivity contribution in [1.29, 1.82) is 0 Å². The summed E-state index contributed by atoms with van der Waals surface area (Å²) in [6.07, 6.45) is 2.23. The lowest BCUT2D eigenvalue weighted by atomic mass is 9.79. The van der Waals surface area contributed by atoms with Crippen molar-refractivity contribution in [3.05, 3.63) is 24.3 Å². The van der Waals surface area contributed by atoms with Crippen LogP contribution in [-0.2, 0) is 0 Å². The van der Waals surface area contributed by atoms with Gasteiger partial charge in [0.25, 0.3) is 0 Å². The largest absolute Gasteiger partial charge is 0.377 e. The summed E-state index contributed by atoms with van der Waals surface area (Å²) >= 11 is 0. The van der Waals surface area contributed by atoms with Gasteiger partial charge >= 0.3 is 0 Å². The van der Waals surface area contributed by atoms with Gasteiger partial charge in [0, 0.05) is 17.2 Å². The zero-order valence-electron chi connectivity index (χ0n) is 11.2. The van der Waals surface area contributed by atoms with Crippen molar-refractivity contribution in [2.45, 2.75) is 46.1 Å². The maximum atomic E-state index is 4.79. The van der Waals surface area contributed by atoms with Crippen LogP contribution in [0.2, 0.25) is 0 Å². The van der Waals surface area contributed by atoms with Gasteiger partial charge in [0.1, 0.15) is 0 Å². The standard InChI is InChI=1S/C15H22N2/c1-5-12-11(3)16-13-9-7-8-10-14(13)17-15(12,4)6-2/h7-10,12,17H,5-6H2,1-4H3. The molecule has 17 heavy (non-hydrogen) atoms. The van der Waals surface area contributed by atoms with Crippen LogP contribution in [0.25, 0.3) is 0 Å². The maximum absolute atomic E-state index is 4.79. The van der Waals surface area contributed by atoms with Gasteiger partial charge in [-0.25, -0.2) is 0 Å². The molecule has 0 fully saturated rings. The molecule has 2 nitrogen and oxygen atoms in total. The minimum atomic E-state index is 0.106. The number of fused-ring (bicyclic) bond motifs is 1. The molecule has 2 rings (SSSR count). The molecule has 0 bridgehead atoms. The highest BCUT2D eigenvalue weighted by Crippen LogP contribution is 2.38. The first-order valence-electron chi connectivity index (χ1n) is 6.53. The van der Waals surface area contributed by atoms with Gasteiger partial charge in [0.05, 0.1) is 11.4 Å². The van der Waals surface area contributed by atoms with Crippen molar-refractivity contribution in [3.8, 4) is 0 Å². The third kappa shape index (κ3) is 2.08. The lowest BCUT2D eigenvalue weighted by molar-refractivity contribution is 0.383. The van der Waals surface area contributed by atoms with E-state index >= 15 is 0 Å². The molecule has 0 saturated carbocycles. The predicted molar refractivity (Wildman–Crippen MR) is 75.3 cm³/mol. The van der Waals surface area contributed by atoms with E-state index < -0.39 is 0 Å². The monoisotopic (exact) mass is 230 g/mol. The van der Waals surface area contributed by atoms with Crippen LogP contribution in [-0.4, -0.2) is 11.3 Å². The van der Waals surface area contributed by atoms with Crippen LogP contribution in [0.1, 0.15) is 40.5 Å². The quantitative estimate of drug-likeness (QED) is 0.800. The summed E-state index contributed by atoms with van der Waals surface area (Å²) in [4.78, 5) is 4.79. The highest BCUT2D eigenvalue weighted by molar-refractivity contribution is 5.91. The van der Waals surface area contributed by atoms with Crippen LogP contribution < -0.4 is 5.32 Å². The van der Waals surface area contributed by atoms with E-state index in [-0.39, 0.29) is 5.54 Å². The molecule has 92 valence electrons. The Morgan fingerprint density at radius 2 is 2.00 bits per heavy atom. The minimum Gasteiger partial charge on any atom is -0.377 e. The fourth-order valence-electron chi connectivity index (χ4n) is 2.88. The molecule has 1 aromatic carbocycles. The second kappa shape index (κ2) is 4.52. The number of nitrogens with one attached hydrogen (secondary N) is 1. The predicted octanol–water partition coefficient (Wildman–Crippen LogP) is 4.40. The molecule has 1 N–H and O–H groups in total. The third-order valence-corrected chi connectivity index (χ3v) is 4.04. The van der Waals surface area contributed by atoms with Crippen LogP contribution in [0.4, 0.5) is 11.4 Å². The van der Waals surface area contributed by atoms with Gasteiger partial charge in [0.15, 0.2) is 0 Å². The van der Waals surface area contributed by atoms with E-state index in [1.54, 1.807) is 0 Å². The average molecular weight is 230 g/mol. The lowest BCUT2D eigenvalue weighted by Gasteiger charge is -2.37. The number of aliphatic imine (C=N–C) groups is 1. The molecule has 1 aromatic rings. The zero-order chi connectivity index (χ0) is 12.5. The Morgan fingerprint density at radius 1 is 1.29 bits per heavy atom. The summed E-state index contributed by atoms with van der Waals surface area (Å²) < 4.78 is 0. The Balaban J connectivity index is 2.52. The van der Waals surface area contributed by atoms with Crippen LogP contribution in [0.3, 0.4) is 0 Å². The Kier molecular flexibility index (Phi) is 3.23. The van der Waals surface area contributed by atoms with Crippen LogP contribution >= 0.6 is 0 Å². The molecule has 1 aliphatic heterocycles. The van der Waals surface area contributed by atoms with Crippen LogP contribution in [0.15, 0.2) is 29.3 Å². The number of benzene rings is 1. The molecule has 0 saturated heterocycles. The van der Waals surface area contributed by atoms with Crippen molar-refractivity contribution in [1.82, 2.24) is 0 Å². The fraction of sp³-hybridized carbons (Fsp3) is 0.533. The lowest BCUT2D eigenvalue weighted by Crippen LogP contribution is -2.44. The first-order chi connectivity index (χ1) is 8.10. The van der Waals surface area contributed by atoms with Crippen molar-refractivity contribution in [2.75, 3.05) is 5.32 Å². The topological polar surface area (TPSA) is 24.4 Å². The van der Waals surface area contributed by atoms with Crippen molar-refractivity contribution < 1.29 is 0 Å². The normalized spacial score (nSPS) is 27.8. The first-order valence-corrected chi connectivity index (χ1v) is 6.53. The van der Waals surface area contributed by atoms with E-state index in [9.17, 15) is 0 Å². The highest BCUT2D eigenvalue weighted by atomic mass is 15.0. The SMILES string of the molecule is CCC1C(C)=Nc2ccccc2NC1(C)CC. The zero-order valence-corrected chi connectivity index (χ0v) is 11.2.